The molecule has 1 rings (SSSR count). The molecule has 1 amide bonds. The molecule has 0 spiro atoms. The van der Waals surface area contributed by atoms with Crippen LogP contribution in [0, 0.1) is 5.41 Å². The quantitative estimate of drug-likeness (QED) is 0.679. The van der Waals surface area contributed by atoms with E-state index in [-0.39, 0.29) is 23.7 Å². The van der Waals surface area contributed by atoms with Crippen molar-refractivity contribution in [3.8, 4) is 11.5 Å². The molecule has 0 radical (unpaired) electrons. The fourth-order valence-corrected chi connectivity index (χ4v) is 2.30. The van der Waals surface area contributed by atoms with E-state index in [0.29, 0.717) is 43.4 Å². The monoisotopic (exact) mass is 372 g/mol. The number of halogens is 1. The van der Waals surface area contributed by atoms with Crippen molar-refractivity contribution in [3.05, 3.63) is 23.8 Å². The summed E-state index contributed by atoms with van der Waals surface area (Å²) in [6.07, 6.45) is 1.82. The van der Waals surface area contributed by atoms with Crippen molar-refractivity contribution < 1.29 is 14.3 Å². The number of nitrogens with zero attached hydrogens (tertiary/aromatic N) is 1. The van der Waals surface area contributed by atoms with E-state index in [4.69, 9.17) is 15.2 Å². The number of hydrogen-bond donors (Lipinski definition) is 1. The Morgan fingerprint density at radius 1 is 1.12 bits per heavy atom. The van der Waals surface area contributed by atoms with Crippen molar-refractivity contribution in [2.24, 2.45) is 11.1 Å². The van der Waals surface area contributed by atoms with Crippen LogP contribution in [0.4, 0.5) is 0 Å². The van der Waals surface area contributed by atoms with Crippen LogP contribution in [0.2, 0.25) is 0 Å². The minimum absolute atomic E-state index is 0. The zero-order valence-electron chi connectivity index (χ0n) is 16.1. The number of ether oxygens (including phenoxy) is 2. The molecule has 25 heavy (non-hydrogen) atoms. The van der Waals surface area contributed by atoms with E-state index in [2.05, 4.69) is 6.92 Å². The summed E-state index contributed by atoms with van der Waals surface area (Å²) in [4.78, 5) is 14.4. The molecular weight excluding hydrogens is 340 g/mol. The number of rotatable bonds is 10. The van der Waals surface area contributed by atoms with Crippen molar-refractivity contribution in [3.63, 3.8) is 0 Å². The van der Waals surface area contributed by atoms with E-state index in [1.165, 1.54) is 0 Å². The largest absolute Gasteiger partial charge is 0.490 e. The standard InChI is InChI=1S/C19H32N2O3.ClH/c1-6-10-23-16-9-8-15(12-17(16)24-11-7-2)18(22)21(5)14-19(3,4)13-20;/h8-9,12H,6-7,10-11,13-14,20H2,1-5H3;1H. The van der Waals surface area contributed by atoms with Crippen LogP contribution in [0.1, 0.15) is 50.9 Å². The summed E-state index contributed by atoms with van der Waals surface area (Å²) < 4.78 is 11.5. The summed E-state index contributed by atoms with van der Waals surface area (Å²) >= 11 is 0. The summed E-state index contributed by atoms with van der Waals surface area (Å²) in [6, 6.07) is 5.38. The number of amides is 1. The molecule has 1 aromatic rings. The third-order valence-electron chi connectivity index (χ3n) is 3.68. The van der Waals surface area contributed by atoms with E-state index >= 15 is 0 Å². The van der Waals surface area contributed by atoms with Crippen LogP contribution in [-0.4, -0.2) is 44.2 Å². The van der Waals surface area contributed by atoms with E-state index < -0.39 is 0 Å². The minimum Gasteiger partial charge on any atom is -0.490 e. The highest BCUT2D eigenvalue weighted by Gasteiger charge is 2.22. The topological polar surface area (TPSA) is 64.8 Å². The molecule has 0 aromatic heterocycles. The first-order valence-electron chi connectivity index (χ1n) is 8.69. The predicted octanol–water partition coefficient (Wildman–Crippen LogP) is 3.74. The van der Waals surface area contributed by atoms with Crippen LogP contribution in [0.3, 0.4) is 0 Å². The Morgan fingerprint density at radius 3 is 2.20 bits per heavy atom. The molecule has 0 heterocycles. The van der Waals surface area contributed by atoms with Gasteiger partial charge in [0.15, 0.2) is 11.5 Å². The second-order valence-corrected chi connectivity index (χ2v) is 6.89. The molecule has 0 saturated heterocycles. The molecule has 0 bridgehead atoms. The van der Waals surface area contributed by atoms with Gasteiger partial charge >= 0.3 is 0 Å². The molecule has 6 heteroatoms. The van der Waals surface area contributed by atoms with Gasteiger partial charge in [-0.15, -0.1) is 12.4 Å². The van der Waals surface area contributed by atoms with Gasteiger partial charge in [0.2, 0.25) is 0 Å². The van der Waals surface area contributed by atoms with Gasteiger partial charge in [-0.2, -0.15) is 0 Å². The first-order chi connectivity index (χ1) is 11.3. The fourth-order valence-electron chi connectivity index (χ4n) is 2.30. The predicted molar refractivity (Wildman–Crippen MR) is 105 cm³/mol. The molecule has 0 saturated carbocycles. The number of hydrogen-bond acceptors (Lipinski definition) is 4. The summed E-state index contributed by atoms with van der Waals surface area (Å²) in [7, 11) is 1.80. The van der Waals surface area contributed by atoms with Crippen LogP contribution < -0.4 is 15.2 Å². The van der Waals surface area contributed by atoms with Gasteiger partial charge in [-0.3, -0.25) is 4.79 Å². The lowest BCUT2D eigenvalue weighted by molar-refractivity contribution is 0.0740. The van der Waals surface area contributed by atoms with E-state index in [0.717, 1.165) is 12.8 Å². The lowest BCUT2D eigenvalue weighted by Gasteiger charge is -2.29. The van der Waals surface area contributed by atoms with Gasteiger partial charge in [-0.1, -0.05) is 27.7 Å². The summed E-state index contributed by atoms with van der Waals surface area (Å²) in [5.74, 6) is 1.27. The first-order valence-corrected chi connectivity index (χ1v) is 8.69. The maximum Gasteiger partial charge on any atom is 0.253 e. The lowest BCUT2D eigenvalue weighted by atomic mass is 9.93. The molecule has 0 aliphatic rings. The Morgan fingerprint density at radius 2 is 1.68 bits per heavy atom. The fraction of sp³-hybridized carbons (Fsp3) is 0.632. The van der Waals surface area contributed by atoms with Crippen LogP contribution in [0.15, 0.2) is 18.2 Å². The number of benzene rings is 1. The number of carbonyl (C=O) groups is 1. The lowest BCUT2D eigenvalue weighted by Crippen LogP contribution is -2.39. The van der Waals surface area contributed by atoms with Gasteiger partial charge in [-0.25, -0.2) is 0 Å². The molecule has 0 fully saturated rings. The average Bonchev–Trinajstić information content (AvgIpc) is 2.57. The molecule has 144 valence electrons. The van der Waals surface area contributed by atoms with Crippen molar-refractivity contribution in [1.82, 2.24) is 4.90 Å². The van der Waals surface area contributed by atoms with Crippen molar-refractivity contribution >= 4 is 18.3 Å². The third kappa shape index (κ3) is 7.53. The zero-order chi connectivity index (χ0) is 18.2. The van der Waals surface area contributed by atoms with Gasteiger partial charge in [-0.05, 0) is 43.0 Å². The summed E-state index contributed by atoms with van der Waals surface area (Å²) in [5.41, 5.74) is 6.25. The minimum atomic E-state index is -0.115. The Bertz CT molecular complexity index is 535. The highest BCUT2D eigenvalue weighted by Crippen LogP contribution is 2.29. The van der Waals surface area contributed by atoms with E-state index in [1.807, 2.05) is 26.8 Å². The van der Waals surface area contributed by atoms with Gasteiger partial charge in [0.05, 0.1) is 13.2 Å². The molecule has 0 unspecified atom stereocenters. The highest BCUT2D eigenvalue weighted by atomic mass is 35.5. The SMILES string of the molecule is CCCOc1ccc(C(=O)N(C)CC(C)(C)CN)cc1OCCC.Cl. The van der Waals surface area contributed by atoms with E-state index in [9.17, 15) is 4.79 Å². The Kier molecular flexibility index (Phi) is 10.6. The van der Waals surface area contributed by atoms with Gasteiger partial charge in [0.25, 0.3) is 5.91 Å². The summed E-state index contributed by atoms with van der Waals surface area (Å²) in [5, 5.41) is 0. The molecule has 0 aliphatic carbocycles. The van der Waals surface area contributed by atoms with Gasteiger partial charge < -0.3 is 20.1 Å². The Hall–Kier alpha value is -1.46. The Labute approximate surface area is 158 Å². The second kappa shape index (κ2) is 11.2. The first kappa shape index (κ1) is 23.5. The Balaban J connectivity index is 0.00000576. The van der Waals surface area contributed by atoms with Crippen LogP contribution in [0.5, 0.6) is 11.5 Å². The number of carbonyl (C=O) groups excluding carboxylic acids is 1. The molecule has 0 atom stereocenters. The van der Waals surface area contributed by atoms with Crippen LogP contribution >= 0.6 is 12.4 Å². The summed E-state index contributed by atoms with van der Waals surface area (Å²) in [6.45, 7) is 10.5. The van der Waals surface area contributed by atoms with E-state index in [1.54, 1.807) is 24.1 Å². The van der Waals surface area contributed by atoms with Crippen LogP contribution in [-0.2, 0) is 0 Å². The maximum atomic E-state index is 12.7. The van der Waals surface area contributed by atoms with Crippen molar-refractivity contribution in [2.75, 3.05) is 33.4 Å². The molecular formula is C19H33ClN2O3. The molecule has 5 nitrogen and oxygen atoms in total. The third-order valence-corrected chi connectivity index (χ3v) is 3.68. The normalized spacial score (nSPS) is 10.8. The zero-order valence-corrected chi connectivity index (χ0v) is 16.9. The van der Waals surface area contributed by atoms with Crippen LogP contribution in [0.25, 0.3) is 0 Å². The maximum absolute atomic E-state index is 12.7. The molecule has 2 N–H and O–H groups in total. The molecule has 0 aliphatic heterocycles. The van der Waals surface area contributed by atoms with Gasteiger partial charge in [0, 0.05) is 19.2 Å². The number of nitrogens with two attached hydrogens (primary N) is 1. The molecule has 1 aromatic carbocycles. The average molecular weight is 373 g/mol. The van der Waals surface area contributed by atoms with Crippen molar-refractivity contribution in [2.45, 2.75) is 40.5 Å². The van der Waals surface area contributed by atoms with Gasteiger partial charge in [0.1, 0.15) is 0 Å². The smallest absolute Gasteiger partial charge is 0.253 e. The second-order valence-electron chi connectivity index (χ2n) is 6.89. The van der Waals surface area contributed by atoms with Crippen molar-refractivity contribution in [1.29, 1.82) is 0 Å². The highest BCUT2D eigenvalue weighted by molar-refractivity contribution is 5.94.